The molecule has 1 rings (SSSR count). The standard InChI is InChI=1S/C15H19Cl2NO5/c1-15(2,3)23-14(21)18(17)12(13(20)22-4)7-9-5-6-10(19)8-11(9)16/h5-6,8,12,19H,7H2,1-4H3/t12-/m0/s1. The maximum absolute atomic E-state index is 12.0. The summed E-state index contributed by atoms with van der Waals surface area (Å²) in [5.74, 6) is -0.724. The molecule has 0 bridgehead atoms. The Morgan fingerprint density at radius 2 is 1.96 bits per heavy atom. The van der Waals surface area contributed by atoms with Crippen molar-refractivity contribution >= 4 is 35.4 Å². The summed E-state index contributed by atoms with van der Waals surface area (Å²) in [4.78, 5) is 24.0. The minimum absolute atomic E-state index is 0.00846. The van der Waals surface area contributed by atoms with Crippen LogP contribution in [0.1, 0.15) is 26.3 Å². The lowest BCUT2D eigenvalue weighted by Crippen LogP contribution is -2.43. The Kier molecular flexibility index (Phi) is 6.53. The maximum atomic E-state index is 12.0. The molecule has 0 aliphatic rings. The van der Waals surface area contributed by atoms with E-state index in [0.717, 1.165) is 0 Å². The van der Waals surface area contributed by atoms with Crippen molar-refractivity contribution in [3.05, 3.63) is 28.8 Å². The first-order chi connectivity index (χ1) is 10.5. The number of methoxy groups -OCH3 is 1. The lowest BCUT2D eigenvalue weighted by atomic mass is 10.1. The number of hydrogen-bond donors (Lipinski definition) is 1. The highest BCUT2D eigenvalue weighted by Crippen LogP contribution is 2.25. The summed E-state index contributed by atoms with van der Waals surface area (Å²) in [6.45, 7) is 5.04. The Bertz CT molecular complexity index is 586. The molecule has 1 aromatic carbocycles. The third kappa shape index (κ3) is 5.80. The van der Waals surface area contributed by atoms with Gasteiger partial charge in [-0.3, -0.25) is 0 Å². The monoisotopic (exact) mass is 363 g/mol. The highest BCUT2D eigenvalue weighted by Gasteiger charge is 2.33. The number of nitrogens with zero attached hydrogens (tertiary/aromatic N) is 1. The second-order valence-electron chi connectivity index (χ2n) is 5.81. The highest BCUT2D eigenvalue weighted by atomic mass is 35.5. The number of amides is 1. The fraction of sp³-hybridized carbons (Fsp3) is 0.467. The average Bonchev–Trinajstić information content (AvgIpc) is 2.43. The molecule has 0 unspecified atom stereocenters. The molecule has 1 N–H and O–H groups in total. The second kappa shape index (κ2) is 7.75. The lowest BCUT2D eigenvalue weighted by Gasteiger charge is -2.27. The Balaban J connectivity index is 3.00. The lowest BCUT2D eigenvalue weighted by molar-refractivity contribution is -0.145. The van der Waals surface area contributed by atoms with Crippen LogP contribution in [-0.4, -0.2) is 40.3 Å². The highest BCUT2D eigenvalue weighted by molar-refractivity contribution is 6.31. The smallest absolute Gasteiger partial charge is 0.425 e. The molecule has 1 amide bonds. The number of esters is 1. The van der Waals surface area contributed by atoms with Crippen LogP contribution in [0.3, 0.4) is 0 Å². The molecular formula is C15H19Cl2NO5. The Labute approximate surface area is 145 Å². The molecule has 0 heterocycles. The van der Waals surface area contributed by atoms with Crippen LogP contribution in [0.2, 0.25) is 5.02 Å². The van der Waals surface area contributed by atoms with Gasteiger partial charge < -0.3 is 14.6 Å². The van der Waals surface area contributed by atoms with Gasteiger partial charge in [0.2, 0.25) is 0 Å². The Morgan fingerprint density at radius 1 is 1.35 bits per heavy atom. The minimum Gasteiger partial charge on any atom is -0.508 e. The van der Waals surface area contributed by atoms with E-state index in [9.17, 15) is 14.7 Å². The van der Waals surface area contributed by atoms with Gasteiger partial charge in [0.15, 0.2) is 6.04 Å². The number of aromatic hydroxyl groups is 1. The number of phenolic OH excluding ortho intramolecular Hbond substituents is 1. The van der Waals surface area contributed by atoms with Gasteiger partial charge in [-0.05, 0) is 38.5 Å². The summed E-state index contributed by atoms with van der Waals surface area (Å²) in [5, 5.41) is 9.61. The van der Waals surface area contributed by atoms with Crippen molar-refractivity contribution < 1.29 is 24.2 Å². The molecule has 0 aliphatic carbocycles. The van der Waals surface area contributed by atoms with Gasteiger partial charge in [0.05, 0.1) is 7.11 Å². The van der Waals surface area contributed by atoms with Crippen molar-refractivity contribution in [3.63, 3.8) is 0 Å². The number of benzene rings is 1. The summed E-state index contributed by atoms with van der Waals surface area (Å²) in [5.41, 5.74) is -0.241. The zero-order valence-corrected chi connectivity index (χ0v) is 14.8. The number of carbonyl (C=O) groups excluding carboxylic acids is 2. The van der Waals surface area contributed by atoms with Gasteiger partial charge in [-0.25, -0.2) is 14.0 Å². The number of phenols is 1. The Morgan fingerprint density at radius 3 is 2.43 bits per heavy atom. The fourth-order valence-corrected chi connectivity index (χ4v) is 2.17. The van der Waals surface area contributed by atoms with Crippen molar-refractivity contribution in [2.75, 3.05) is 7.11 Å². The third-order valence-electron chi connectivity index (χ3n) is 2.76. The van der Waals surface area contributed by atoms with E-state index < -0.39 is 23.7 Å². The molecule has 0 spiro atoms. The third-order valence-corrected chi connectivity index (χ3v) is 3.49. The van der Waals surface area contributed by atoms with Crippen LogP contribution in [0, 0.1) is 0 Å². The predicted molar refractivity (Wildman–Crippen MR) is 86.6 cm³/mol. The van der Waals surface area contributed by atoms with Crippen LogP contribution < -0.4 is 0 Å². The number of halogens is 2. The van der Waals surface area contributed by atoms with E-state index in [1.165, 1.54) is 25.3 Å². The zero-order chi connectivity index (χ0) is 17.8. The van der Waals surface area contributed by atoms with Gasteiger partial charge in [-0.2, -0.15) is 0 Å². The van der Waals surface area contributed by atoms with Gasteiger partial charge in [-0.1, -0.05) is 17.7 Å². The van der Waals surface area contributed by atoms with E-state index in [0.29, 0.717) is 9.98 Å². The van der Waals surface area contributed by atoms with Crippen molar-refractivity contribution in [2.24, 2.45) is 0 Å². The van der Waals surface area contributed by atoms with Crippen LogP contribution in [-0.2, 0) is 20.7 Å². The van der Waals surface area contributed by atoms with Gasteiger partial charge >= 0.3 is 12.1 Å². The Hall–Kier alpha value is -1.66. The first kappa shape index (κ1) is 19.4. The molecular weight excluding hydrogens is 345 g/mol. The van der Waals surface area contributed by atoms with Gasteiger partial charge in [-0.15, -0.1) is 0 Å². The summed E-state index contributed by atoms with van der Waals surface area (Å²) in [6.07, 6.45) is -0.862. The molecule has 0 saturated carbocycles. The molecule has 0 saturated heterocycles. The molecule has 0 radical (unpaired) electrons. The van der Waals surface area contributed by atoms with Crippen LogP contribution in [0.15, 0.2) is 18.2 Å². The molecule has 0 aliphatic heterocycles. The average molecular weight is 364 g/mol. The van der Waals surface area contributed by atoms with E-state index in [1.54, 1.807) is 20.8 Å². The van der Waals surface area contributed by atoms with Gasteiger partial charge in [0.25, 0.3) is 0 Å². The largest absolute Gasteiger partial charge is 0.508 e. The molecule has 8 heteroatoms. The molecule has 128 valence electrons. The minimum atomic E-state index is -1.13. The van der Waals surface area contributed by atoms with Gasteiger partial charge in [0.1, 0.15) is 11.4 Å². The summed E-state index contributed by atoms with van der Waals surface area (Å²) >= 11 is 12.0. The summed E-state index contributed by atoms with van der Waals surface area (Å²) < 4.78 is 10.5. The van der Waals surface area contributed by atoms with Crippen molar-refractivity contribution in [1.82, 2.24) is 4.42 Å². The summed E-state index contributed by atoms with van der Waals surface area (Å²) in [7, 11) is 1.19. The van der Waals surface area contributed by atoms with Crippen molar-refractivity contribution in [2.45, 2.75) is 38.8 Å². The normalized spacial score (nSPS) is 12.4. The van der Waals surface area contributed by atoms with E-state index in [2.05, 4.69) is 4.74 Å². The number of ether oxygens (including phenoxy) is 2. The fourth-order valence-electron chi connectivity index (χ4n) is 1.73. The number of rotatable bonds is 4. The SMILES string of the molecule is COC(=O)[C@H](Cc1ccc(O)cc1Cl)N(Cl)C(=O)OC(C)(C)C. The van der Waals surface area contributed by atoms with Crippen LogP contribution >= 0.6 is 23.4 Å². The zero-order valence-electron chi connectivity index (χ0n) is 13.3. The second-order valence-corrected chi connectivity index (χ2v) is 6.58. The summed E-state index contributed by atoms with van der Waals surface area (Å²) in [6, 6.07) is 3.16. The number of hydrogen-bond acceptors (Lipinski definition) is 5. The van der Waals surface area contributed by atoms with Crippen LogP contribution in [0.25, 0.3) is 0 Å². The maximum Gasteiger partial charge on any atom is 0.425 e. The van der Waals surface area contributed by atoms with Crippen LogP contribution in [0.4, 0.5) is 4.79 Å². The predicted octanol–water partition coefficient (Wildman–Crippen LogP) is 3.52. The van der Waals surface area contributed by atoms with Crippen molar-refractivity contribution in [1.29, 1.82) is 0 Å². The van der Waals surface area contributed by atoms with E-state index in [4.69, 9.17) is 28.1 Å². The van der Waals surface area contributed by atoms with E-state index in [1.807, 2.05) is 0 Å². The van der Waals surface area contributed by atoms with Crippen LogP contribution in [0.5, 0.6) is 5.75 Å². The molecule has 0 fully saturated rings. The van der Waals surface area contributed by atoms with Gasteiger partial charge in [0, 0.05) is 23.2 Å². The van der Waals surface area contributed by atoms with E-state index >= 15 is 0 Å². The quantitative estimate of drug-likeness (QED) is 0.654. The topological polar surface area (TPSA) is 76.1 Å². The first-order valence-electron chi connectivity index (χ1n) is 6.78. The molecule has 0 aromatic heterocycles. The first-order valence-corrected chi connectivity index (χ1v) is 7.50. The molecule has 1 aromatic rings. The molecule has 1 atom stereocenters. The van der Waals surface area contributed by atoms with E-state index in [-0.39, 0.29) is 17.2 Å². The molecule has 23 heavy (non-hydrogen) atoms. The molecule has 6 nitrogen and oxygen atoms in total. The number of carbonyl (C=O) groups is 2. The van der Waals surface area contributed by atoms with Crippen molar-refractivity contribution in [3.8, 4) is 5.75 Å².